The monoisotopic (exact) mass is 536 g/mol. The number of benzene rings is 1. The highest BCUT2D eigenvalue weighted by Gasteiger charge is 2.49. The van der Waals surface area contributed by atoms with E-state index in [9.17, 15) is 18.0 Å². The molecule has 0 unspecified atom stereocenters. The van der Waals surface area contributed by atoms with Crippen molar-refractivity contribution in [3.05, 3.63) is 29.3 Å². The summed E-state index contributed by atoms with van der Waals surface area (Å²) in [4.78, 5) is 29.7. The number of carbonyl (C=O) groups excluding carboxylic acids is 2. The minimum atomic E-state index is -4.17. The molecule has 1 saturated heterocycles. The van der Waals surface area contributed by atoms with Gasteiger partial charge in [0.1, 0.15) is 12.4 Å². The average Bonchev–Trinajstić information content (AvgIpc) is 2.86. The summed E-state index contributed by atoms with van der Waals surface area (Å²) in [5.74, 6) is 1.68. The molecule has 37 heavy (non-hydrogen) atoms. The molecule has 0 radical (unpaired) electrons. The number of hydrogen-bond acceptors (Lipinski definition) is 7. The summed E-state index contributed by atoms with van der Waals surface area (Å²) in [6.07, 6.45) is 5.75. The van der Waals surface area contributed by atoms with Crippen LogP contribution in [0.25, 0.3) is 0 Å². The Kier molecular flexibility index (Phi) is 8.35. The molecule has 1 aromatic rings. The number of piperidine rings is 1. The molecule has 3 N–H and O–H groups in total. The second-order valence-electron chi connectivity index (χ2n) is 10.9. The molecule has 206 valence electrons. The number of hydrogen-bond donors (Lipinski definition) is 2. The number of nitrogens with zero attached hydrogens (tertiary/aromatic N) is 2. The van der Waals surface area contributed by atoms with E-state index in [2.05, 4.69) is 24.1 Å². The first-order valence-electron chi connectivity index (χ1n) is 13.3. The Balaban J connectivity index is 1.54. The normalized spacial score (nSPS) is 24.1. The van der Waals surface area contributed by atoms with Crippen LogP contribution in [0.3, 0.4) is 0 Å². The van der Waals surface area contributed by atoms with Crippen molar-refractivity contribution in [1.82, 2.24) is 15.1 Å². The van der Waals surface area contributed by atoms with Crippen molar-refractivity contribution in [2.75, 3.05) is 33.3 Å². The molecule has 0 bridgehead atoms. The van der Waals surface area contributed by atoms with Gasteiger partial charge < -0.3 is 24.0 Å². The van der Waals surface area contributed by atoms with E-state index in [4.69, 9.17) is 14.1 Å². The van der Waals surface area contributed by atoms with E-state index in [-0.39, 0.29) is 31.4 Å². The van der Waals surface area contributed by atoms with Gasteiger partial charge in [-0.15, -0.1) is 0 Å². The summed E-state index contributed by atoms with van der Waals surface area (Å²) in [6.45, 7) is 6.88. The summed E-state index contributed by atoms with van der Waals surface area (Å²) < 4.78 is 33.0. The fraction of sp³-hybridized carbons (Fsp3) is 0.692. The first-order chi connectivity index (χ1) is 17.5. The smallest absolute Gasteiger partial charge is 0.406 e. The van der Waals surface area contributed by atoms with Crippen molar-refractivity contribution in [1.29, 1.82) is 0 Å². The van der Waals surface area contributed by atoms with Crippen LogP contribution in [0.4, 0.5) is 4.79 Å². The molecule has 4 rings (SSSR count). The van der Waals surface area contributed by atoms with Gasteiger partial charge in [-0.2, -0.15) is 13.6 Å². The van der Waals surface area contributed by atoms with Crippen LogP contribution in [0.2, 0.25) is 0 Å². The van der Waals surface area contributed by atoms with Gasteiger partial charge in [0.05, 0.1) is 12.0 Å². The number of rotatable bonds is 7. The van der Waals surface area contributed by atoms with Crippen LogP contribution in [0.1, 0.15) is 63.5 Å². The van der Waals surface area contributed by atoms with Gasteiger partial charge >= 0.3 is 16.4 Å². The van der Waals surface area contributed by atoms with Crippen LogP contribution in [0.5, 0.6) is 5.75 Å². The van der Waals surface area contributed by atoms with Crippen molar-refractivity contribution < 1.29 is 26.9 Å². The summed E-state index contributed by atoms with van der Waals surface area (Å²) in [6, 6.07) is 5.60. The van der Waals surface area contributed by atoms with Crippen molar-refractivity contribution in [2.45, 2.75) is 70.4 Å². The molecule has 0 atom stereocenters. The van der Waals surface area contributed by atoms with Gasteiger partial charge in [-0.1, -0.05) is 19.9 Å². The van der Waals surface area contributed by atoms with Crippen molar-refractivity contribution >= 4 is 22.3 Å². The Bertz CT molecular complexity index is 1090. The third kappa shape index (κ3) is 6.21. The molecular weight excluding hydrogens is 496 g/mol. The number of carbonyl (C=O) groups is 2. The van der Waals surface area contributed by atoms with E-state index in [0.29, 0.717) is 18.9 Å². The van der Waals surface area contributed by atoms with Gasteiger partial charge in [0, 0.05) is 19.6 Å². The Morgan fingerprint density at radius 3 is 2.46 bits per heavy atom. The van der Waals surface area contributed by atoms with Crippen LogP contribution in [0, 0.1) is 11.8 Å². The third-order valence-electron chi connectivity index (χ3n) is 8.51. The van der Waals surface area contributed by atoms with Gasteiger partial charge in [0.2, 0.25) is 5.91 Å². The summed E-state index contributed by atoms with van der Waals surface area (Å²) in [5.41, 5.74) is 1.05. The van der Waals surface area contributed by atoms with Gasteiger partial charge in [0.25, 0.3) is 0 Å². The number of amides is 2. The molecule has 2 amide bonds. The lowest BCUT2D eigenvalue weighted by molar-refractivity contribution is -0.142. The summed E-state index contributed by atoms with van der Waals surface area (Å²) >= 11 is 0. The Hall–Kier alpha value is -2.37. The lowest BCUT2D eigenvalue weighted by Gasteiger charge is -2.49. The maximum Gasteiger partial charge on any atom is 0.406 e. The molecule has 2 aliphatic heterocycles. The number of nitrogens with two attached hydrogens (primary N) is 1. The molecule has 11 heteroatoms. The number of likely N-dealkylation sites (tertiary alicyclic amines) is 1. The minimum Gasteiger partial charge on any atom is -0.448 e. The molecular formula is C26H40N4O6S. The average molecular weight is 537 g/mol. The molecule has 2 fully saturated rings. The van der Waals surface area contributed by atoms with E-state index in [1.165, 1.54) is 32.7 Å². The Morgan fingerprint density at radius 2 is 1.86 bits per heavy atom. The first kappa shape index (κ1) is 27.7. The molecule has 2 heterocycles. The summed E-state index contributed by atoms with van der Waals surface area (Å²) in [7, 11) is -2.69. The first-order valence-corrected chi connectivity index (χ1v) is 14.7. The highest BCUT2D eigenvalue weighted by molar-refractivity contribution is 7.84. The highest BCUT2D eigenvalue weighted by Crippen LogP contribution is 2.45. The van der Waals surface area contributed by atoms with E-state index < -0.39 is 21.8 Å². The lowest BCUT2D eigenvalue weighted by atomic mass is 9.67. The molecule has 1 aliphatic carbocycles. The number of alkyl carbamates (subject to hydrolysis) is 1. The SMILES string of the molecule is CNC(=O)OCCN1Cc2cc(OS(N)(=O)=O)ccc2C2(CCN([C@H]3CC[C@@H](C(C)C)CC3)CC2)C1=O. The van der Waals surface area contributed by atoms with E-state index in [1.54, 1.807) is 17.0 Å². The zero-order valence-electron chi connectivity index (χ0n) is 22.1. The predicted octanol–water partition coefficient (Wildman–Crippen LogP) is 2.52. The minimum absolute atomic E-state index is 0.0313. The topological polar surface area (TPSA) is 131 Å². The fourth-order valence-electron chi connectivity index (χ4n) is 6.44. The van der Waals surface area contributed by atoms with E-state index >= 15 is 0 Å². The van der Waals surface area contributed by atoms with Gasteiger partial charge in [-0.3, -0.25) is 4.79 Å². The highest BCUT2D eigenvalue weighted by atomic mass is 32.2. The van der Waals surface area contributed by atoms with Crippen LogP contribution in [-0.2, 0) is 31.8 Å². The quantitative estimate of drug-likeness (QED) is 0.547. The zero-order chi connectivity index (χ0) is 26.8. The fourth-order valence-corrected chi connectivity index (χ4v) is 6.81. The number of ether oxygens (including phenoxy) is 1. The van der Waals surface area contributed by atoms with Crippen LogP contribution >= 0.6 is 0 Å². The maximum absolute atomic E-state index is 13.9. The second kappa shape index (κ2) is 11.2. The molecule has 10 nitrogen and oxygen atoms in total. The predicted molar refractivity (Wildman–Crippen MR) is 139 cm³/mol. The molecule has 1 spiro atoms. The van der Waals surface area contributed by atoms with Gasteiger partial charge in [-0.05, 0) is 86.7 Å². The van der Waals surface area contributed by atoms with Crippen LogP contribution in [-0.4, -0.2) is 69.5 Å². The molecule has 0 aromatic heterocycles. The lowest BCUT2D eigenvalue weighted by Crippen LogP contribution is -2.57. The molecule has 1 saturated carbocycles. The standard InChI is InChI=1S/C26H40N4O6S/c1-18(2)19-4-6-21(7-5-19)29-12-10-26(11-13-29)23-9-8-22(36-37(27,33)34)16-20(23)17-30(24(26)31)14-15-35-25(32)28-3/h8-9,16,18-19,21H,4-7,10-15,17H2,1-3H3,(H,28,32)(H2,27,33,34)/t19-,21+. The van der Waals surface area contributed by atoms with Crippen LogP contribution in [0.15, 0.2) is 18.2 Å². The second-order valence-corrected chi connectivity index (χ2v) is 12.1. The van der Waals surface area contributed by atoms with Crippen molar-refractivity contribution in [3.8, 4) is 5.75 Å². The van der Waals surface area contributed by atoms with Crippen LogP contribution < -0.4 is 14.6 Å². The van der Waals surface area contributed by atoms with Crippen molar-refractivity contribution in [3.63, 3.8) is 0 Å². The number of nitrogens with one attached hydrogen (secondary N) is 1. The Labute approximate surface area is 220 Å². The molecule has 1 aromatic carbocycles. The molecule has 3 aliphatic rings. The van der Waals surface area contributed by atoms with E-state index in [1.807, 2.05) is 6.07 Å². The maximum atomic E-state index is 13.9. The van der Waals surface area contributed by atoms with Gasteiger partial charge in [-0.25, -0.2) is 4.79 Å². The Morgan fingerprint density at radius 1 is 1.19 bits per heavy atom. The van der Waals surface area contributed by atoms with Crippen molar-refractivity contribution in [2.24, 2.45) is 17.0 Å². The van der Waals surface area contributed by atoms with Gasteiger partial charge in [0.15, 0.2) is 0 Å². The van der Waals surface area contributed by atoms with E-state index in [0.717, 1.165) is 36.1 Å². The zero-order valence-corrected chi connectivity index (χ0v) is 22.9. The largest absolute Gasteiger partial charge is 0.448 e. The summed E-state index contributed by atoms with van der Waals surface area (Å²) in [5, 5.41) is 7.48. The third-order valence-corrected chi connectivity index (χ3v) is 8.94. The number of fused-ring (bicyclic) bond motifs is 2.